The number of nitrogens with zero attached hydrogens (tertiary/aromatic N) is 1. The molecule has 1 aliphatic rings. The Balaban J connectivity index is 1.42. The van der Waals surface area contributed by atoms with Crippen LogP contribution >= 0.6 is 11.3 Å². The van der Waals surface area contributed by atoms with Crippen LogP contribution in [0.15, 0.2) is 76.3 Å². The average Bonchev–Trinajstić information content (AvgIpc) is 3.41. The van der Waals surface area contributed by atoms with Crippen LogP contribution in [0, 0.1) is 0 Å². The van der Waals surface area contributed by atoms with E-state index < -0.39 is 10.0 Å². The number of para-hydroxylation sites is 1. The topological polar surface area (TPSA) is 78.5 Å². The standard InChI is InChI=1S/C21H21N3O3S2/c25-21(24-12-11-19(15-24)22-17-7-2-1-3-8-17)16-6-4-9-18(14-16)23-29(26,27)20-10-5-13-28-20/h1-10,13-14,19,22-23H,11-12,15H2. The molecule has 1 fully saturated rings. The summed E-state index contributed by atoms with van der Waals surface area (Å²) in [5.74, 6) is -0.0977. The zero-order chi connectivity index (χ0) is 20.3. The second kappa shape index (κ2) is 8.26. The number of hydrogen-bond acceptors (Lipinski definition) is 5. The SMILES string of the molecule is O=C(c1cccc(NS(=O)(=O)c2cccs2)c1)N1CCC(Nc2ccccc2)C1. The van der Waals surface area contributed by atoms with Crippen LogP contribution in [0.3, 0.4) is 0 Å². The van der Waals surface area contributed by atoms with Gasteiger partial charge in [0, 0.05) is 36.1 Å². The lowest BCUT2D eigenvalue weighted by Crippen LogP contribution is -2.31. The summed E-state index contributed by atoms with van der Waals surface area (Å²) in [5, 5.41) is 5.16. The molecule has 29 heavy (non-hydrogen) atoms. The number of amides is 1. The molecule has 2 aromatic carbocycles. The average molecular weight is 428 g/mol. The first kappa shape index (κ1) is 19.5. The highest BCUT2D eigenvalue weighted by Crippen LogP contribution is 2.23. The quantitative estimate of drug-likeness (QED) is 0.626. The Bertz CT molecular complexity index is 1080. The van der Waals surface area contributed by atoms with Crippen LogP contribution in [0.2, 0.25) is 0 Å². The molecule has 0 spiro atoms. The first-order valence-corrected chi connectivity index (χ1v) is 11.6. The molecule has 0 radical (unpaired) electrons. The van der Waals surface area contributed by atoms with E-state index in [0.717, 1.165) is 23.4 Å². The Kier molecular flexibility index (Phi) is 5.55. The van der Waals surface area contributed by atoms with Gasteiger partial charge in [-0.2, -0.15) is 0 Å². The summed E-state index contributed by atoms with van der Waals surface area (Å²) in [7, 11) is -3.64. The number of hydrogen-bond donors (Lipinski definition) is 2. The van der Waals surface area contributed by atoms with E-state index in [9.17, 15) is 13.2 Å². The van der Waals surface area contributed by atoms with Crippen molar-refractivity contribution in [1.82, 2.24) is 4.90 Å². The predicted molar refractivity (Wildman–Crippen MR) is 116 cm³/mol. The molecule has 2 heterocycles. The summed E-state index contributed by atoms with van der Waals surface area (Å²) in [6.07, 6.45) is 0.866. The van der Waals surface area contributed by atoms with Gasteiger partial charge in [-0.05, 0) is 48.2 Å². The molecule has 1 aromatic heterocycles. The van der Waals surface area contributed by atoms with Gasteiger partial charge in [0.15, 0.2) is 0 Å². The smallest absolute Gasteiger partial charge is 0.271 e. The monoisotopic (exact) mass is 427 g/mol. The predicted octanol–water partition coefficient (Wildman–Crippen LogP) is 3.88. The molecule has 8 heteroatoms. The maximum atomic E-state index is 12.9. The summed E-state index contributed by atoms with van der Waals surface area (Å²) in [5.41, 5.74) is 1.89. The first-order chi connectivity index (χ1) is 14.0. The van der Waals surface area contributed by atoms with Gasteiger partial charge in [-0.15, -0.1) is 11.3 Å². The van der Waals surface area contributed by atoms with Crippen molar-refractivity contribution in [2.24, 2.45) is 0 Å². The largest absolute Gasteiger partial charge is 0.380 e. The highest BCUT2D eigenvalue weighted by atomic mass is 32.2. The van der Waals surface area contributed by atoms with Gasteiger partial charge in [-0.3, -0.25) is 9.52 Å². The lowest BCUT2D eigenvalue weighted by molar-refractivity contribution is 0.0791. The molecule has 0 saturated carbocycles. The van der Waals surface area contributed by atoms with E-state index in [-0.39, 0.29) is 16.2 Å². The summed E-state index contributed by atoms with van der Waals surface area (Å²) in [6.45, 7) is 1.27. The molecule has 1 atom stereocenters. The third kappa shape index (κ3) is 4.60. The van der Waals surface area contributed by atoms with E-state index in [2.05, 4.69) is 10.0 Å². The number of thiophene rings is 1. The van der Waals surface area contributed by atoms with Crippen LogP contribution in [-0.2, 0) is 10.0 Å². The maximum absolute atomic E-state index is 12.9. The van der Waals surface area contributed by atoms with Crippen molar-refractivity contribution >= 4 is 38.6 Å². The third-order valence-corrected chi connectivity index (χ3v) is 7.52. The van der Waals surface area contributed by atoms with E-state index in [0.29, 0.717) is 24.3 Å². The van der Waals surface area contributed by atoms with Crippen molar-refractivity contribution in [3.63, 3.8) is 0 Å². The summed E-state index contributed by atoms with van der Waals surface area (Å²) < 4.78 is 27.6. The molecule has 2 N–H and O–H groups in total. The maximum Gasteiger partial charge on any atom is 0.271 e. The van der Waals surface area contributed by atoms with Crippen LogP contribution < -0.4 is 10.0 Å². The molecule has 6 nitrogen and oxygen atoms in total. The Morgan fingerprint density at radius 3 is 2.55 bits per heavy atom. The van der Waals surface area contributed by atoms with Crippen LogP contribution in [0.25, 0.3) is 0 Å². The van der Waals surface area contributed by atoms with Crippen LogP contribution in [0.4, 0.5) is 11.4 Å². The second-order valence-electron chi connectivity index (χ2n) is 6.87. The van der Waals surface area contributed by atoms with Gasteiger partial charge in [0.1, 0.15) is 4.21 Å². The van der Waals surface area contributed by atoms with Crippen molar-refractivity contribution in [2.45, 2.75) is 16.7 Å². The Labute approximate surface area is 174 Å². The van der Waals surface area contributed by atoms with Crippen LogP contribution in [0.1, 0.15) is 16.8 Å². The van der Waals surface area contributed by atoms with Gasteiger partial charge < -0.3 is 10.2 Å². The molecule has 1 saturated heterocycles. The third-order valence-electron chi connectivity index (χ3n) is 4.74. The van der Waals surface area contributed by atoms with Gasteiger partial charge in [0.2, 0.25) is 0 Å². The van der Waals surface area contributed by atoms with Gasteiger partial charge >= 0.3 is 0 Å². The summed E-state index contributed by atoms with van der Waals surface area (Å²) >= 11 is 1.15. The highest BCUT2D eigenvalue weighted by molar-refractivity contribution is 7.94. The number of carbonyl (C=O) groups excluding carboxylic acids is 1. The fraction of sp³-hybridized carbons (Fsp3) is 0.190. The van der Waals surface area contributed by atoms with Crippen molar-refractivity contribution < 1.29 is 13.2 Å². The number of sulfonamides is 1. The number of likely N-dealkylation sites (tertiary alicyclic amines) is 1. The normalized spacial score (nSPS) is 16.6. The minimum atomic E-state index is -3.64. The van der Waals surface area contributed by atoms with Gasteiger partial charge in [0.25, 0.3) is 15.9 Å². The minimum absolute atomic E-state index is 0.0977. The number of rotatable bonds is 6. The van der Waals surface area contributed by atoms with E-state index in [1.807, 2.05) is 30.3 Å². The van der Waals surface area contributed by atoms with Crippen molar-refractivity contribution in [1.29, 1.82) is 0 Å². The molecule has 4 rings (SSSR count). The number of nitrogens with one attached hydrogen (secondary N) is 2. The van der Waals surface area contributed by atoms with E-state index in [1.165, 1.54) is 0 Å². The van der Waals surface area contributed by atoms with Crippen LogP contribution in [-0.4, -0.2) is 38.4 Å². The van der Waals surface area contributed by atoms with Crippen LogP contribution in [0.5, 0.6) is 0 Å². The van der Waals surface area contributed by atoms with Gasteiger partial charge in [0.05, 0.1) is 0 Å². The minimum Gasteiger partial charge on any atom is -0.380 e. The molecule has 3 aromatic rings. The van der Waals surface area contributed by atoms with Gasteiger partial charge in [-0.1, -0.05) is 30.3 Å². The van der Waals surface area contributed by atoms with Crippen molar-refractivity contribution in [3.05, 3.63) is 77.7 Å². The van der Waals surface area contributed by atoms with Gasteiger partial charge in [-0.25, -0.2) is 8.42 Å². The zero-order valence-electron chi connectivity index (χ0n) is 15.6. The van der Waals surface area contributed by atoms with Crippen molar-refractivity contribution in [2.75, 3.05) is 23.1 Å². The van der Waals surface area contributed by atoms with E-state index in [4.69, 9.17) is 0 Å². The highest BCUT2D eigenvalue weighted by Gasteiger charge is 2.27. The lowest BCUT2D eigenvalue weighted by atomic mass is 10.2. The first-order valence-electron chi connectivity index (χ1n) is 9.28. The lowest BCUT2D eigenvalue weighted by Gasteiger charge is -2.18. The number of anilines is 2. The van der Waals surface area contributed by atoms with E-state index >= 15 is 0 Å². The molecule has 0 bridgehead atoms. The number of carbonyl (C=O) groups is 1. The molecule has 1 unspecified atom stereocenters. The van der Waals surface area contributed by atoms with E-state index in [1.54, 1.807) is 46.7 Å². The number of benzene rings is 2. The molecule has 0 aliphatic carbocycles. The summed E-state index contributed by atoms with van der Waals surface area (Å²) in [6, 6.07) is 20.0. The molecule has 1 aliphatic heterocycles. The second-order valence-corrected chi connectivity index (χ2v) is 9.72. The Hall–Kier alpha value is -2.84. The zero-order valence-corrected chi connectivity index (χ0v) is 17.2. The molecule has 150 valence electrons. The molecular weight excluding hydrogens is 406 g/mol. The Morgan fingerprint density at radius 2 is 1.79 bits per heavy atom. The molecular formula is C21H21N3O3S2. The summed E-state index contributed by atoms with van der Waals surface area (Å²) in [4.78, 5) is 14.7. The molecule has 1 amide bonds. The Morgan fingerprint density at radius 1 is 1.00 bits per heavy atom. The van der Waals surface area contributed by atoms with Crippen molar-refractivity contribution in [3.8, 4) is 0 Å². The fourth-order valence-electron chi connectivity index (χ4n) is 3.35. The fourth-order valence-corrected chi connectivity index (χ4v) is 5.40.